The fraction of sp³-hybridized carbons (Fsp3) is 1.00. The van der Waals surface area contributed by atoms with Crippen LogP contribution in [-0.4, -0.2) is 11.4 Å². The number of alkyl halides is 1. The summed E-state index contributed by atoms with van der Waals surface area (Å²) in [6.07, 6.45) is 0. The Bertz CT molecular complexity index is 30.0. The van der Waals surface area contributed by atoms with Gasteiger partial charge in [0.1, 0.15) is 0 Å². The van der Waals surface area contributed by atoms with Crippen LogP contribution in [0.2, 0.25) is 0 Å². The van der Waals surface area contributed by atoms with Gasteiger partial charge in [0.15, 0.2) is 0 Å². The zero-order chi connectivity index (χ0) is 4.99. The summed E-state index contributed by atoms with van der Waals surface area (Å²) in [7, 11) is 0. The van der Waals surface area contributed by atoms with E-state index in [-0.39, 0.29) is 0 Å². The van der Waals surface area contributed by atoms with Crippen LogP contribution in [0.1, 0.15) is 6.92 Å². The molecule has 0 saturated heterocycles. The van der Waals surface area contributed by atoms with E-state index in [2.05, 4.69) is 36.0 Å². The predicted octanol–water partition coefficient (Wildman–Crippen LogP) is 2.10. The van der Waals surface area contributed by atoms with Gasteiger partial charge in [0, 0.05) is 4.83 Å². The number of hydrogen-bond donors (Lipinski definition) is 0. The molecule has 0 heterocycles. The zero-order valence-electron chi connectivity index (χ0n) is 3.45. The maximum Gasteiger partial charge on any atom is 0.0988 e. The zero-order valence-corrected chi connectivity index (χ0v) is 6.62. The topological polar surface area (TPSA) is 9.23 Å². The van der Waals surface area contributed by atoms with Gasteiger partial charge in [-0.15, -0.1) is 0 Å². The summed E-state index contributed by atoms with van der Waals surface area (Å²) in [6.45, 7) is 2.72. The second-order valence-electron chi connectivity index (χ2n) is 1.06. The van der Waals surface area contributed by atoms with Crippen LogP contribution in [0.3, 0.4) is 0 Å². The van der Waals surface area contributed by atoms with Crippen molar-refractivity contribution in [3.8, 4) is 0 Å². The molecule has 1 nitrogen and oxygen atoms in total. The molecule has 38 valence electrons. The molecule has 0 aliphatic heterocycles. The molecule has 0 N–H and O–H groups in total. The van der Waals surface area contributed by atoms with Crippen molar-refractivity contribution in [2.75, 3.05) is 6.61 Å². The molecule has 0 aliphatic carbocycles. The van der Waals surface area contributed by atoms with Gasteiger partial charge in [0.2, 0.25) is 0 Å². The molecule has 0 saturated carbocycles. The van der Waals surface area contributed by atoms with Gasteiger partial charge in [-0.1, -0.05) is 22.9 Å². The molecule has 3 heteroatoms. The van der Waals surface area contributed by atoms with E-state index in [1.807, 2.05) is 6.92 Å². The van der Waals surface area contributed by atoms with Crippen molar-refractivity contribution in [3.05, 3.63) is 0 Å². The molecule has 0 aromatic rings. The molecule has 1 unspecified atom stereocenters. The highest BCUT2D eigenvalue weighted by molar-refractivity contribution is 9.09. The lowest BCUT2D eigenvalue weighted by Gasteiger charge is -1.93. The smallest absolute Gasteiger partial charge is 0.0988 e. The Morgan fingerprint density at radius 3 is 2.33 bits per heavy atom. The van der Waals surface area contributed by atoms with Crippen LogP contribution in [0.15, 0.2) is 0 Å². The van der Waals surface area contributed by atoms with Gasteiger partial charge in [-0.3, -0.25) is 0 Å². The van der Waals surface area contributed by atoms with Crippen molar-refractivity contribution >= 4 is 32.2 Å². The van der Waals surface area contributed by atoms with E-state index in [1.165, 1.54) is 0 Å². The van der Waals surface area contributed by atoms with Crippen LogP contribution < -0.4 is 0 Å². The van der Waals surface area contributed by atoms with Crippen LogP contribution in [0, 0.1) is 0 Å². The molecule has 0 rings (SSSR count). The van der Waals surface area contributed by atoms with Crippen molar-refractivity contribution < 1.29 is 3.83 Å². The first-order valence-electron chi connectivity index (χ1n) is 1.65. The van der Waals surface area contributed by atoms with Gasteiger partial charge in [-0.05, 0) is 0 Å². The highest BCUT2D eigenvalue weighted by atomic mass is 79.9. The summed E-state index contributed by atoms with van der Waals surface area (Å²) in [4.78, 5) is 0.442. The average molecular weight is 218 g/mol. The standard InChI is InChI=1S/C3H6Br2O/c1-3(4)2-6-5/h3H,2H2,1H3. The quantitative estimate of drug-likeness (QED) is 0.644. The van der Waals surface area contributed by atoms with Gasteiger partial charge in [-0.2, -0.15) is 0 Å². The molecule has 0 aromatic carbocycles. The van der Waals surface area contributed by atoms with E-state index in [0.717, 1.165) is 0 Å². The van der Waals surface area contributed by atoms with E-state index in [0.29, 0.717) is 11.4 Å². The first-order chi connectivity index (χ1) is 2.77. The highest BCUT2D eigenvalue weighted by Crippen LogP contribution is 1.98. The summed E-state index contributed by atoms with van der Waals surface area (Å²) in [5.41, 5.74) is 0. The third kappa shape index (κ3) is 4.92. The van der Waals surface area contributed by atoms with Crippen LogP contribution in [0.4, 0.5) is 0 Å². The molecule has 6 heavy (non-hydrogen) atoms. The van der Waals surface area contributed by atoms with Crippen LogP contribution in [-0.2, 0) is 3.83 Å². The van der Waals surface area contributed by atoms with Gasteiger partial charge >= 0.3 is 0 Å². The minimum Gasteiger partial charge on any atom is -0.307 e. The fourth-order valence-corrected chi connectivity index (χ4v) is 0.970. The molecular weight excluding hydrogens is 212 g/mol. The van der Waals surface area contributed by atoms with Crippen molar-refractivity contribution in [1.29, 1.82) is 0 Å². The summed E-state index contributed by atoms with van der Waals surface area (Å²) >= 11 is 6.10. The SMILES string of the molecule is CC(Br)COBr. The molecule has 0 amide bonds. The van der Waals surface area contributed by atoms with E-state index < -0.39 is 0 Å². The van der Waals surface area contributed by atoms with Crippen molar-refractivity contribution in [2.24, 2.45) is 0 Å². The Morgan fingerprint density at radius 1 is 1.83 bits per heavy atom. The van der Waals surface area contributed by atoms with E-state index in [9.17, 15) is 0 Å². The Hall–Kier alpha value is 0.920. The third-order valence-corrected chi connectivity index (χ3v) is 0.821. The lowest BCUT2D eigenvalue weighted by molar-refractivity contribution is 0.404. The van der Waals surface area contributed by atoms with E-state index >= 15 is 0 Å². The largest absolute Gasteiger partial charge is 0.307 e. The Morgan fingerprint density at radius 2 is 2.33 bits per heavy atom. The average Bonchev–Trinajstić information content (AvgIpc) is 1.35. The Balaban J connectivity index is 2.63. The van der Waals surface area contributed by atoms with E-state index in [1.54, 1.807) is 0 Å². The maximum atomic E-state index is 4.57. The first kappa shape index (κ1) is 6.92. The van der Waals surface area contributed by atoms with Crippen LogP contribution >= 0.6 is 32.2 Å². The van der Waals surface area contributed by atoms with Gasteiger partial charge in [0.25, 0.3) is 0 Å². The monoisotopic (exact) mass is 216 g/mol. The van der Waals surface area contributed by atoms with Crippen LogP contribution in [0.5, 0.6) is 0 Å². The fourth-order valence-electron chi connectivity index (χ4n) is 0.0868. The molecule has 1 atom stereocenters. The molecule has 0 bridgehead atoms. The van der Waals surface area contributed by atoms with Gasteiger partial charge in [0.05, 0.1) is 22.9 Å². The Kier molecular flexibility index (Phi) is 4.72. The first-order valence-corrected chi connectivity index (χ1v) is 3.21. The molecular formula is C3H6Br2O. The maximum absolute atomic E-state index is 4.57. The second kappa shape index (κ2) is 4.09. The lowest BCUT2D eigenvalue weighted by atomic mass is 10.5. The van der Waals surface area contributed by atoms with E-state index in [4.69, 9.17) is 0 Å². The van der Waals surface area contributed by atoms with Gasteiger partial charge < -0.3 is 3.83 Å². The summed E-state index contributed by atoms with van der Waals surface area (Å²) in [6, 6.07) is 0. The normalized spacial score (nSPS) is 14.5. The van der Waals surface area contributed by atoms with Crippen molar-refractivity contribution in [1.82, 2.24) is 0 Å². The van der Waals surface area contributed by atoms with Crippen molar-refractivity contribution in [3.63, 3.8) is 0 Å². The number of halogens is 2. The van der Waals surface area contributed by atoms with Gasteiger partial charge in [-0.25, -0.2) is 0 Å². The third-order valence-electron chi connectivity index (χ3n) is 0.293. The summed E-state index contributed by atoms with van der Waals surface area (Å²) in [5.74, 6) is 0. The molecule has 0 radical (unpaired) electrons. The Labute approximate surface area is 54.6 Å². The molecule has 0 aliphatic rings. The number of rotatable bonds is 2. The number of hydrogen-bond acceptors (Lipinski definition) is 1. The highest BCUT2D eigenvalue weighted by Gasteiger charge is 1.89. The minimum absolute atomic E-state index is 0.442. The lowest BCUT2D eigenvalue weighted by Crippen LogP contribution is -1.95. The molecule has 0 spiro atoms. The minimum atomic E-state index is 0.442. The predicted molar refractivity (Wildman–Crippen MR) is 33.3 cm³/mol. The molecule has 0 fully saturated rings. The summed E-state index contributed by atoms with van der Waals surface area (Å²) in [5, 5.41) is 0. The van der Waals surface area contributed by atoms with Crippen LogP contribution in [0.25, 0.3) is 0 Å². The second-order valence-corrected chi connectivity index (χ2v) is 3.08. The molecule has 0 aromatic heterocycles. The van der Waals surface area contributed by atoms with Crippen molar-refractivity contribution in [2.45, 2.75) is 11.8 Å². The summed E-state index contributed by atoms with van der Waals surface area (Å²) < 4.78 is 4.57.